The van der Waals surface area contributed by atoms with Crippen LogP contribution >= 0.6 is 0 Å². The molecule has 0 radical (unpaired) electrons. The molecule has 2 bridgehead atoms. The molecule has 63 heavy (non-hydrogen) atoms. The number of aliphatic hydroxyl groups excluding tert-OH is 2. The fourth-order valence-electron chi connectivity index (χ4n) is 10.5. The molecule has 3 fully saturated rings. The number of amides is 1. The number of hydrogen-bond acceptors (Lipinski definition) is 14. The first-order valence-electron chi connectivity index (χ1n) is 20.8. The third-order valence-corrected chi connectivity index (χ3v) is 14.0. The number of carbonyl (C=O) groups is 6. The van der Waals surface area contributed by atoms with Gasteiger partial charge < -0.3 is 44.3 Å². The number of fused-ring (bicyclic) bond motifs is 5. The zero-order valence-electron chi connectivity index (χ0n) is 36.2. The van der Waals surface area contributed by atoms with Gasteiger partial charge in [0.2, 0.25) is 0 Å². The lowest BCUT2D eigenvalue weighted by Crippen LogP contribution is -2.85. The summed E-state index contributed by atoms with van der Waals surface area (Å²) in [6.07, 6.45) is -9.61. The molecule has 1 aliphatic heterocycles. The number of hydrogen-bond donors (Lipinski definition) is 4. The average Bonchev–Trinajstić information content (AvgIpc) is 3.25. The number of rotatable bonds is 10. The maximum atomic E-state index is 15.6. The number of ketones is 1. The van der Waals surface area contributed by atoms with Crippen molar-refractivity contribution in [1.82, 2.24) is 5.32 Å². The van der Waals surface area contributed by atoms with E-state index in [1.54, 1.807) is 99.6 Å². The molecule has 1 heterocycles. The van der Waals surface area contributed by atoms with Crippen LogP contribution in [0.1, 0.15) is 93.6 Å². The molecule has 15 nitrogen and oxygen atoms in total. The normalized spacial score (nSPS) is 32.7. The van der Waals surface area contributed by atoms with Crippen molar-refractivity contribution >= 4 is 35.6 Å². The summed E-state index contributed by atoms with van der Waals surface area (Å²) in [6, 6.07) is 22.9. The molecule has 2 saturated carbocycles. The van der Waals surface area contributed by atoms with Crippen LogP contribution < -0.4 is 5.32 Å². The minimum absolute atomic E-state index is 0.00639. The fraction of sp³-hybridized carbons (Fsp3) is 0.458. The molecule has 0 unspecified atom stereocenters. The second kappa shape index (κ2) is 16.4. The van der Waals surface area contributed by atoms with Gasteiger partial charge in [0.1, 0.15) is 23.4 Å². The van der Waals surface area contributed by atoms with Crippen LogP contribution in [-0.4, -0.2) is 105 Å². The molecule has 4 N–H and O–H groups in total. The Morgan fingerprint density at radius 1 is 0.794 bits per heavy atom. The zero-order chi connectivity index (χ0) is 45.9. The predicted octanol–water partition coefficient (Wildman–Crippen LogP) is 4.13. The van der Waals surface area contributed by atoms with Gasteiger partial charge in [0.15, 0.2) is 23.6 Å². The SMILES string of the molecule is CC(=O)O[C@H]1C(=O)[C@]2(C)[C@@H](O)C[C@@]3(C)OC[C@@]3(OC(C)=O)[C@H]2[C@H](OC(=O)c2ccccc2)[C@]2(O)C[C@H](OC(=O)[C@H](O)[C@@H](NC(=O)c3ccccc3)c3ccccc3)C(C)=C1C2(C)C. The summed E-state index contributed by atoms with van der Waals surface area (Å²) < 4.78 is 30.7. The van der Waals surface area contributed by atoms with E-state index in [9.17, 15) is 39.3 Å². The van der Waals surface area contributed by atoms with Crippen molar-refractivity contribution < 1.29 is 67.8 Å². The van der Waals surface area contributed by atoms with Crippen molar-refractivity contribution in [1.29, 1.82) is 0 Å². The maximum absolute atomic E-state index is 15.6. The quantitative estimate of drug-likeness (QED) is 0.128. The van der Waals surface area contributed by atoms with E-state index >= 15 is 4.79 Å². The van der Waals surface area contributed by atoms with Gasteiger partial charge in [-0.25, -0.2) is 9.59 Å². The summed E-state index contributed by atoms with van der Waals surface area (Å²) in [5, 5.41) is 40.5. The van der Waals surface area contributed by atoms with Crippen molar-refractivity contribution in [2.75, 3.05) is 6.61 Å². The van der Waals surface area contributed by atoms with Gasteiger partial charge in [0.25, 0.3) is 5.91 Å². The zero-order valence-corrected chi connectivity index (χ0v) is 36.2. The van der Waals surface area contributed by atoms with Crippen LogP contribution in [0, 0.1) is 16.7 Å². The van der Waals surface area contributed by atoms with Crippen LogP contribution in [-0.2, 0) is 42.9 Å². The summed E-state index contributed by atoms with van der Waals surface area (Å²) in [5.74, 6) is -6.90. The summed E-state index contributed by atoms with van der Waals surface area (Å²) in [5.41, 5.74) is -8.63. The number of ether oxygens (including phenoxy) is 5. The Bertz CT molecular complexity index is 2330. The Morgan fingerprint density at radius 3 is 1.90 bits per heavy atom. The summed E-state index contributed by atoms with van der Waals surface area (Å²) >= 11 is 0. The minimum Gasteiger partial charge on any atom is -0.456 e. The van der Waals surface area contributed by atoms with Gasteiger partial charge in [-0.2, -0.15) is 0 Å². The minimum atomic E-state index is -2.41. The van der Waals surface area contributed by atoms with Crippen LogP contribution in [0.25, 0.3) is 0 Å². The first-order chi connectivity index (χ1) is 29.6. The van der Waals surface area contributed by atoms with E-state index in [0.717, 1.165) is 13.8 Å². The Labute approximate surface area is 364 Å². The Kier molecular flexibility index (Phi) is 11.8. The third kappa shape index (κ3) is 7.34. The molecule has 15 heteroatoms. The number of aliphatic hydroxyl groups is 3. The lowest BCUT2D eigenvalue weighted by molar-refractivity contribution is -0.383. The first kappa shape index (κ1) is 45.3. The molecule has 4 aliphatic rings. The highest BCUT2D eigenvalue weighted by molar-refractivity contribution is 5.96. The highest BCUT2D eigenvalue weighted by atomic mass is 16.6. The van der Waals surface area contributed by atoms with E-state index in [1.807, 2.05) is 0 Å². The van der Waals surface area contributed by atoms with E-state index in [1.165, 1.54) is 26.0 Å². The first-order valence-corrected chi connectivity index (χ1v) is 20.8. The van der Waals surface area contributed by atoms with Crippen LogP contribution in [0.4, 0.5) is 0 Å². The summed E-state index contributed by atoms with van der Waals surface area (Å²) in [7, 11) is 0. The lowest BCUT2D eigenvalue weighted by Gasteiger charge is -2.70. The monoisotopic (exact) mass is 867 g/mol. The topological polar surface area (TPSA) is 221 Å². The molecule has 0 spiro atoms. The molecule has 0 aromatic heterocycles. The molecule has 3 aromatic carbocycles. The molecular formula is C48H53NO14. The van der Waals surface area contributed by atoms with E-state index in [2.05, 4.69) is 5.32 Å². The van der Waals surface area contributed by atoms with Gasteiger partial charge in [0, 0.05) is 37.7 Å². The highest BCUT2D eigenvalue weighted by Crippen LogP contribution is 2.67. The molecule has 11 atom stereocenters. The van der Waals surface area contributed by atoms with E-state index in [0.29, 0.717) is 5.56 Å². The Balaban J connectivity index is 1.40. The summed E-state index contributed by atoms with van der Waals surface area (Å²) in [6.45, 7) is 9.55. The van der Waals surface area contributed by atoms with Gasteiger partial charge in [-0.05, 0) is 61.7 Å². The van der Waals surface area contributed by atoms with E-state index in [4.69, 9.17) is 23.7 Å². The molecule has 3 aromatic rings. The van der Waals surface area contributed by atoms with E-state index < -0.39 is 112 Å². The lowest BCUT2D eigenvalue weighted by atomic mass is 9.42. The van der Waals surface area contributed by atoms with E-state index in [-0.39, 0.29) is 35.3 Å². The van der Waals surface area contributed by atoms with Crippen LogP contribution in [0.15, 0.2) is 102 Å². The smallest absolute Gasteiger partial charge is 0.338 e. The number of benzene rings is 3. The van der Waals surface area contributed by atoms with Gasteiger partial charge >= 0.3 is 23.9 Å². The second-order valence-corrected chi connectivity index (χ2v) is 18.0. The van der Waals surface area contributed by atoms with Crippen LogP contribution in [0.3, 0.4) is 0 Å². The molecule has 3 aliphatic carbocycles. The predicted molar refractivity (Wildman–Crippen MR) is 222 cm³/mol. The van der Waals surface area contributed by atoms with Crippen molar-refractivity contribution in [3.63, 3.8) is 0 Å². The standard InChI is InChI=1S/C48H53NO14/c1-26-32(61-43(57)36(53)35(29-17-11-8-12-18-29)49-41(55)30-19-13-9-14-20-30)23-47(58)40(62-42(56)31-21-15-10-16-22-31)38-46(7,39(54)37(60-27(2)50)34(26)44(47,4)5)33(52)24-45(6)48(38,25-59-45)63-28(3)51/h8-22,32-33,35-38,40,52-53,58H,23-25H2,1-7H3,(H,49,55)/t32-,33-,35-,36+,37+,38-,40-,45+,46+,47+,48+/m0/s1. The molecule has 7 rings (SSSR count). The van der Waals surface area contributed by atoms with Gasteiger partial charge in [0.05, 0.1) is 35.6 Å². The number of esters is 4. The Morgan fingerprint density at radius 2 is 1.37 bits per heavy atom. The van der Waals surface area contributed by atoms with Crippen molar-refractivity contribution in [3.05, 3.63) is 119 Å². The van der Waals surface area contributed by atoms with Crippen LogP contribution in [0.2, 0.25) is 0 Å². The highest BCUT2D eigenvalue weighted by Gasteiger charge is 2.81. The second-order valence-electron chi connectivity index (χ2n) is 18.0. The number of nitrogens with one attached hydrogen (secondary N) is 1. The average molecular weight is 868 g/mol. The number of carbonyl (C=O) groups excluding carboxylic acids is 6. The van der Waals surface area contributed by atoms with Gasteiger partial charge in [-0.1, -0.05) is 80.6 Å². The van der Waals surface area contributed by atoms with Crippen molar-refractivity contribution in [3.8, 4) is 0 Å². The van der Waals surface area contributed by atoms with Crippen molar-refractivity contribution in [2.24, 2.45) is 16.7 Å². The maximum Gasteiger partial charge on any atom is 0.338 e. The largest absolute Gasteiger partial charge is 0.456 e. The summed E-state index contributed by atoms with van der Waals surface area (Å²) in [4.78, 5) is 83.9. The Hall–Kier alpha value is -5.74. The number of Topliss-reactive ketones (excluding diaryl/α,β-unsaturated/α-hetero) is 1. The van der Waals surface area contributed by atoms with Crippen LogP contribution in [0.5, 0.6) is 0 Å². The molecule has 1 amide bonds. The fourth-order valence-corrected chi connectivity index (χ4v) is 10.5. The van der Waals surface area contributed by atoms with Crippen molar-refractivity contribution in [2.45, 2.75) is 115 Å². The molecule has 1 saturated heterocycles. The van der Waals surface area contributed by atoms with Gasteiger partial charge in [-0.15, -0.1) is 0 Å². The third-order valence-electron chi connectivity index (χ3n) is 14.0. The molecule has 334 valence electrons. The molecular weight excluding hydrogens is 815 g/mol. The van der Waals surface area contributed by atoms with Gasteiger partial charge in [-0.3, -0.25) is 19.2 Å².